The summed E-state index contributed by atoms with van der Waals surface area (Å²) in [6.07, 6.45) is 58.1. The summed E-state index contributed by atoms with van der Waals surface area (Å²) in [4.78, 5) is 63.4. The number of rotatable bonds is 1. The van der Waals surface area contributed by atoms with Crippen molar-refractivity contribution in [3.63, 3.8) is 0 Å². The highest BCUT2D eigenvalue weighted by Crippen LogP contribution is 2.37. The Morgan fingerprint density at radius 1 is 0.554 bits per heavy atom. The Bertz CT molecular complexity index is 4460. The van der Waals surface area contributed by atoms with Crippen molar-refractivity contribution in [2.24, 2.45) is 34.0 Å². The lowest BCUT2D eigenvalue weighted by Crippen LogP contribution is -2.42. The average Bonchev–Trinajstić information content (AvgIpc) is 1.60. The van der Waals surface area contributed by atoms with Crippen molar-refractivity contribution in [3.05, 3.63) is 169 Å². The molecule has 9 heterocycles. The van der Waals surface area contributed by atoms with E-state index in [1.807, 2.05) is 123 Å². The summed E-state index contributed by atoms with van der Waals surface area (Å²) in [7, 11) is 0. The van der Waals surface area contributed by atoms with Crippen LogP contribution in [-0.4, -0.2) is 106 Å². The Morgan fingerprint density at radius 3 is 1.43 bits per heavy atom. The number of aryl methyl sites for hydroxylation is 1. The second-order valence-corrected chi connectivity index (χ2v) is 44.6. The van der Waals surface area contributed by atoms with E-state index < -0.39 is 0 Å². The van der Waals surface area contributed by atoms with Crippen LogP contribution in [0.1, 0.15) is 320 Å². The molecule has 0 aromatic carbocycles. The average molecular weight is 1720 g/mol. The van der Waals surface area contributed by atoms with Gasteiger partial charge in [0, 0.05) is 112 Å². The van der Waals surface area contributed by atoms with Crippen LogP contribution >= 0.6 is 45.7 Å². The molecule has 2 aliphatic heterocycles. The van der Waals surface area contributed by atoms with Gasteiger partial charge in [0.2, 0.25) is 11.8 Å². The monoisotopic (exact) mass is 1720 g/mol. The van der Waals surface area contributed by atoms with Crippen molar-refractivity contribution in [1.82, 2.24) is 57.6 Å². The van der Waals surface area contributed by atoms with Gasteiger partial charge in [-0.15, -0.1) is 61.2 Å². The second-order valence-electron chi connectivity index (χ2n) is 41.3. The summed E-state index contributed by atoms with van der Waals surface area (Å²) in [5, 5.41) is 14.1. The van der Waals surface area contributed by atoms with E-state index in [9.17, 15) is 19.2 Å². The van der Waals surface area contributed by atoms with Crippen LogP contribution in [0.25, 0.3) is 0 Å². The summed E-state index contributed by atoms with van der Waals surface area (Å²) < 4.78 is 14.0. The molecule has 20 heteroatoms. The number of imidazole rings is 1. The fraction of sp³-hybridized carbons (Fsp3) is 0.554. The maximum Gasteiger partial charge on any atom is 0.247 e. The zero-order valence-electron chi connectivity index (χ0n) is 80.0. The van der Waals surface area contributed by atoms with Gasteiger partial charge in [-0.3, -0.25) is 28.5 Å². The van der Waals surface area contributed by atoms with Crippen molar-refractivity contribution in [2.75, 3.05) is 19.6 Å². The molecule has 658 valence electrons. The summed E-state index contributed by atoms with van der Waals surface area (Å²) in [5.74, 6) is 18.1. The Hall–Kier alpha value is -9.25. The maximum absolute atomic E-state index is 11.4. The molecule has 0 saturated carbocycles. The number of hydrogen-bond acceptors (Lipinski definition) is 15. The third-order valence-corrected chi connectivity index (χ3v) is 23.2. The number of hydrogen-bond donors (Lipinski definition) is 0. The molecule has 2 amide bonds. The van der Waals surface area contributed by atoms with Crippen LogP contribution in [0.4, 0.5) is 0 Å². The first-order chi connectivity index (χ1) is 55.2. The van der Waals surface area contributed by atoms with Crippen LogP contribution in [0.15, 0.2) is 109 Å². The number of thiazole rings is 2. The quantitative estimate of drug-likeness (QED) is 0.113. The first-order valence-electron chi connectivity index (χ1n) is 41.3. The molecule has 7 aromatic rings. The molecule has 121 heavy (non-hydrogen) atoms. The molecule has 16 nitrogen and oxygen atoms in total. The second kappa shape index (κ2) is 47.4. The summed E-state index contributed by atoms with van der Waals surface area (Å²) in [5.41, 5.74) is 7.03. The van der Waals surface area contributed by atoms with E-state index >= 15 is 0 Å². The molecule has 4 aliphatic rings. The molecule has 1 fully saturated rings. The molecule has 3 unspecified atom stereocenters. The summed E-state index contributed by atoms with van der Waals surface area (Å²) in [6, 6.07) is 5.83. The number of allylic oxidation sites excluding steroid dienone is 4. The zero-order valence-corrected chi connectivity index (χ0v) is 83.3. The number of carbonyl (C=O) groups is 4. The number of likely N-dealkylation sites (tertiary alicyclic amines) is 1. The van der Waals surface area contributed by atoms with E-state index in [4.69, 9.17) is 38.5 Å². The van der Waals surface area contributed by atoms with Gasteiger partial charge in [-0.2, -0.15) is 18.9 Å². The van der Waals surface area contributed by atoms with Crippen LogP contribution < -0.4 is 0 Å². The fourth-order valence-corrected chi connectivity index (χ4v) is 14.5. The lowest BCUT2D eigenvalue weighted by Gasteiger charge is -2.31. The normalized spacial score (nSPS) is 15.8. The van der Waals surface area contributed by atoms with Gasteiger partial charge < -0.3 is 14.4 Å². The molecule has 1 saturated heterocycles. The predicted octanol–water partition coefficient (Wildman–Crippen LogP) is 23.3. The van der Waals surface area contributed by atoms with Crippen molar-refractivity contribution in [3.8, 4) is 74.1 Å². The Kier molecular flexibility index (Phi) is 43.0. The number of nitrogens with zero attached hydrogens (tertiary/aromatic N) is 12. The molecule has 0 bridgehead atoms. The SMILES string of the molecule is C#Cc1cc(C(C)(C)C)sn1.C#Cc1ccn(C(C)(C)C)n1.C#Cc1nc(C(C)(C)C)cs1.C#Cc1ncc(C(C)(C)C)s1.C#Cc1nccn1C(C)(C)C.C#Cc1nscc1C(C)(C)C.C=CC(=O)N1CCC(C(C)(C)C)C1.CC(C)(C)C1CC=CC(=O)C1.CC(C)(C)C1CCC=CC1=O.CC(C)(C)N1CC=CC1=O.Cc1ccn(C(C)(C)C)n1. The third kappa shape index (κ3) is 40.5. The van der Waals surface area contributed by atoms with Gasteiger partial charge in [-0.1, -0.05) is 170 Å². The molecule has 0 N–H and O–H groups in total. The van der Waals surface area contributed by atoms with Gasteiger partial charge >= 0.3 is 0 Å². The van der Waals surface area contributed by atoms with Gasteiger partial charge in [0.1, 0.15) is 17.1 Å². The highest BCUT2D eigenvalue weighted by Gasteiger charge is 2.34. The molecular formula is C101H146N12O4S4. The standard InChI is InChI=1S/C11H19NO.2C10H16O.2C9H12N2.4C9H11NS.C8H14N2.C8H13NO/c1-5-10(13)12-7-6-9(8-12)11(2,3)4;1-10(2,3)8-5-4-6-9(11)7-8;1-10(2,3)8-6-4-5-7-9(8)11;1-5-8-10-6-7-11(8)9(2,3)4;1-5-8-6-7-11(10-8)9(2,3)4;1-5-8-10-7(6-11-8)9(2,3)4;1-5-8-10-6-7(11-8)9(2,3)4;1-5-8-7(6-11-10-8)9(2,3)4;1-5-7-6-8(11-10-7)9(2,3)4;1-7-5-6-10(9-7)8(2,3)4;1-8(2,3)9-6-4-5-7(9)10/h5,9H,1,6-8H2,2-4H3;4,6,8H,5,7H2,1-3H3;5,7-8H,4,6H2,1-3H3;2*1,6-7H,2-4H3;4*1,6H,2-4H3;5-6H,1-4H3;4-5H,6H2,1-3H3. The van der Waals surface area contributed by atoms with Crippen LogP contribution in [0.3, 0.4) is 0 Å². The lowest BCUT2D eigenvalue weighted by atomic mass is 9.74. The highest BCUT2D eigenvalue weighted by molar-refractivity contribution is 7.12. The number of terminal acetylenes is 6. The zero-order chi connectivity index (χ0) is 93.5. The van der Waals surface area contributed by atoms with Gasteiger partial charge in [-0.25, -0.2) is 15.0 Å². The minimum Gasteiger partial charge on any atom is -0.339 e. The minimum absolute atomic E-state index is 0.0229. The van der Waals surface area contributed by atoms with Gasteiger partial charge in [0.15, 0.2) is 27.4 Å². The van der Waals surface area contributed by atoms with E-state index in [0.29, 0.717) is 34.6 Å². The van der Waals surface area contributed by atoms with Crippen LogP contribution in [0.5, 0.6) is 0 Å². The third-order valence-electron chi connectivity index (χ3n) is 19.2. The molecule has 0 radical (unpaired) electrons. The van der Waals surface area contributed by atoms with Gasteiger partial charge in [0.25, 0.3) is 0 Å². The van der Waals surface area contributed by atoms with E-state index in [0.717, 1.165) is 84.5 Å². The van der Waals surface area contributed by atoms with Gasteiger partial charge in [-0.05, 0) is 255 Å². The number of ketones is 2. The largest absolute Gasteiger partial charge is 0.339 e. The fourth-order valence-electron chi connectivity index (χ4n) is 11.3. The molecule has 7 aromatic heterocycles. The molecule has 11 rings (SSSR count). The van der Waals surface area contributed by atoms with E-state index in [1.54, 1.807) is 35.8 Å². The number of carbonyl (C=O) groups excluding carboxylic acids is 4. The van der Waals surface area contributed by atoms with Gasteiger partial charge in [0.05, 0.1) is 22.5 Å². The number of aromatic nitrogens is 10. The first kappa shape index (κ1) is 110. The lowest BCUT2D eigenvalue weighted by molar-refractivity contribution is -0.128. The molecule has 2 aliphatic carbocycles. The first-order valence-corrected chi connectivity index (χ1v) is 44.6. The summed E-state index contributed by atoms with van der Waals surface area (Å²) in [6.45, 7) is 78.5. The highest BCUT2D eigenvalue weighted by atomic mass is 32.1. The van der Waals surface area contributed by atoms with Crippen LogP contribution in [0, 0.1) is 115 Å². The van der Waals surface area contributed by atoms with Crippen LogP contribution in [-0.2, 0) is 57.5 Å². The Balaban J connectivity index is 0.000000666. The number of amides is 2. The molecule has 0 spiro atoms. The maximum atomic E-state index is 11.4. The molecule has 3 atom stereocenters. The topological polar surface area (TPSA) is 180 Å². The summed E-state index contributed by atoms with van der Waals surface area (Å²) >= 11 is 6.04. The van der Waals surface area contributed by atoms with E-state index in [-0.39, 0.29) is 78.2 Å². The van der Waals surface area contributed by atoms with E-state index in [1.165, 1.54) is 55.8 Å². The predicted molar refractivity (Wildman–Crippen MR) is 515 cm³/mol. The van der Waals surface area contributed by atoms with Crippen LogP contribution in [0.2, 0.25) is 0 Å². The Labute approximate surface area is 748 Å². The van der Waals surface area contributed by atoms with Crippen molar-refractivity contribution >= 4 is 69.1 Å². The minimum atomic E-state index is -0.0272. The molecular weight excluding hydrogens is 1570 g/mol. The van der Waals surface area contributed by atoms with Crippen molar-refractivity contribution < 1.29 is 19.2 Å². The van der Waals surface area contributed by atoms with E-state index in [2.05, 4.69) is 284 Å². The van der Waals surface area contributed by atoms with Crippen molar-refractivity contribution in [1.29, 1.82) is 0 Å². The smallest absolute Gasteiger partial charge is 0.247 e. The Morgan fingerprint density at radius 2 is 1.12 bits per heavy atom. The van der Waals surface area contributed by atoms with Crippen molar-refractivity contribution in [2.45, 2.75) is 311 Å².